The van der Waals surface area contributed by atoms with Gasteiger partial charge in [0.15, 0.2) is 5.60 Å². The van der Waals surface area contributed by atoms with E-state index >= 15 is 0 Å². The Bertz CT molecular complexity index is 337. The number of unbranched alkanes of at least 4 members (excludes halogenated alkanes) is 6. The van der Waals surface area contributed by atoms with Crippen molar-refractivity contribution in [2.24, 2.45) is 0 Å². The van der Waals surface area contributed by atoms with Gasteiger partial charge in [-0.25, -0.2) is 0 Å². The second kappa shape index (κ2) is 6.92. The minimum Gasteiger partial charge on any atom is -0.390 e. The van der Waals surface area contributed by atoms with Gasteiger partial charge < -0.3 is 25.2 Å². The summed E-state index contributed by atoms with van der Waals surface area (Å²) in [5.41, 5.74) is -1.93. The van der Waals surface area contributed by atoms with Gasteiger partial charge >= 0.3 is 0 Å². The van der Waals surface area contributed by atoms with Gasteiger partial charge in [-0.05, 0) is 12.8 Å². The molecule has 1 saturated carbocycles. The molecule has 2 aliphatic rings. The normalized spacial score (nSPS) is 42.4. The fraction of sp³-hybridized carbons (Fsp3) is 1.00. The van der Waals surface area contributed by atoms with E-state index in [4.69, 9.17) is 4.74 Å². The molecule has 4 N–H and O–H groups in total. The Labute approximate surface area is 126 Å². The Kier molecular flexibility index (Phi) is 5.65. The van der Waals surface area contributed by atoms with Gasteiger partial charge in [-0.1, -0.05) is 51.9 Å². The Hall–Kier alpha value is -0.200. The van der Waals surface area contributed by atoms with E-state index in [0.717, 1.165) is 12.8 Å². The van der Waals surface area contributed by atoms with Crippen molar-refractivity contribution in [3.63, 3.8) is 0 Å². The lowest BCUT2D eigenvalue weighted by molar-refractivity contribution is -0.265. The summed E-state index contributed by atoms with van der Waals surface area (Å²) in [6, 6.07) is 0. The molecule has 1 aliphatic heterocycles. The zero-order valence-corrected chi connectivity index (χ0v) is 13.0. The first kappa shape index (κ1) is 17.2. The van der Waals surface area contributed by atoms with Crippen LogP contribution in [0.4, 0.5) is 0 Å². The predicted molar refractivity (Wildman–Crippen MR) is 78.6 cm³/mol. The molecule has 0 unspecified atom stereocenters. The van der Waals surface area contributed by atoms with Crippen molar-refractivity contribution in [1.29, 1.82) is 0 Å². The van der Waals surface area contributed by atoms with Crippen LogP contribution in [0.1, 0.15) is 71.1 Å². The lowest BCUT2D eigenvalue weighted by atomic mass is 9.87. The molecule has 5 atom stereocenters. The van der Waals surface area contributed by atoms with Crippen LogP contribution in [0.3, 0.4) is 0 Å². The minimum atomic E-state index is -1.93. The highest BCUT2D eigenvalue weighted by Gasteiger charge is 2.70. The molecule has 1 aliphatic carbocycles. The number of aliphatic hydroxyl groups excluding tert-OH is 2. The molecule has 5 heteroatoms. The highest BCUT2D eigenvalue weighted by atomic mass is 16.7. The second-order valence-corrected chi connectivity index (χ2v) is 6.68. The maximum absolute atomic E-state index is 10.4. The topological polar surface area (TPSA) is 90.2 Å². The highest BCUT2D eigenvalue weighted by Crippen LogP contribution is 2.50. The summed E-state index contributed by atoms with van der Waals surface area (Å²) < 4.78 is 5.50. The zero-order valence-electron chi connectivity index (χ0n) is 13.0. The van der Waals surface area contributed by atoms with E-state index in [1.807, 2.05) is 0 Å². The number of aliphatic hydroxyl groups is 4. The third-order valence-electron chi connectivity index (χ3n) is 5.13. The summed E-state index contributed by atoms with van der Waals surface area (Å²) in [4.78, 5) is 0. The number of rotatable bonds is 8. The molecule has 124 valence electrons. The number of hydrogen-bond donors (Lipinski definition) is 4. The van der Waals surface area contributed by atoms with Gasteiger partial charge in [0.1, 0.15) is 6.10 Å². The van der Waals surface area contributed by atoms with Crippen molar-refractivity contribution in [3.8, 4) is 0 Å². The maximum Gasteiger partial charge on any atom is 0.200 e. The molecule has 1 heterocycles. The average Bonchev–Trinajstić information content (AvgIpc) is 2.80. The van der Waals surface area contributed by atoms with E-state index in [1.165, 1.54) is 32.1 Å². The third-order valence-corrected chi connectivity index (χ3v) is 5.13. The van der Waals surface area contributed by atoms with E-state index in [0.29, 0.717) is 6.42 Å². The molecule has 1 saturated heterocycles. The summed E-state index contributed by atoms with van der Waals surface area (Å²) >= 11 is 0. The summed E-state index contributed by atoms with van der Waals surface area (Å²) in [6.07, 6.45) is 6.22. The molecule has 0 aromatic rings. The molecular formula is C16H30O5. The van der Waals surface area contributed by atoms with Crippen LogP contribution in [-0.4, -0.2) is 50.1 Å². The van der Waals surface area contributed by atoms with Crippen LogP contribution in [0, 0.1) is 0 Å². The largest absolute Gasteiger partial charge is 0.390 e. The molecule has 0 aromatic carbocycles. The van der Waals surface area contributed by atoms with Crippen molar-refractivity contribution in [2.45, 2.75) is 101 Å². The van der Waals surface area contributed by atoms with Crippen LogP contribution in [0.25, 0.3) is 0 Å². The maximum atomic E-state index is 10.4. The van der Waals surface area contributed by atoms with Crippen molar-refractivity contribution in [3.05, 3.63) is 0 Å². The quantitative estimate of drug-likeness (QED) is 0.510. The number of hydrogen-bond acceptors (Lipinski definition) is 5. The van der Waals surface area contributed by atoms with Gasteiger partial charge in [-0.2, -0.15) is 0 Å². The van der Waals surface area contributed by atoms with Gasteiger partial charge in [-0.15, -0.1) is 0 Å². The summed E-state index contributed by atoms with van der Waals surface area (Å²) in [5, 5.41) is 40.8. The second-order valence-electron chi connectivity index (χ2n) is 6.68. The minimum absolute atomic E-state index is 0.162. The van der Waals surface area contributed by atoms with Crippen molar-refractivity contribution in [2.75, 3.05) is 0 Å². The van der Waals surface area contributed by atoms with E-state index in [-0.39, 0.29) is 12.8 Å². The Morgan fingerprint density at radius 3 is 2.24 bits per heavy atom. The third kappa shape index (κ3) is 3.13. The van der Waals surface area contributed by atoms with Crippen LogP contribution < -0.4 is 0 Å². The standard InChI is InChI=1S/C16H30O5/c1-2-3-4-5-6-7-8-9-12-14(18)16(20)13(17)10-11-15(16,19)21-12/h12-14,17-20H,2-11H2,1H3/t12-,13+,14-,15-,16+/m1/s1. The lowest BCUT2D eigenvalue weighted by Gasteiger charge is -2.33. The molecule has 21 heavy (non-hydrogen) atoms. The SMILES string of the molecule is CCCCCCCCC[C@H]1O[C@]2(O)CC[C@H](O)[C@]2(O)[C@@H]1O. The van der Waals surface area contributed by atoms with Gasteiger partial charge in [-0.3, -0.25) is 0 Å². The summed E-state index contributed by atoms with van der Waals surface area (Å²) in [5.74, 6) is -1.79. The van der Waals surface area contributed by atoms with Gasteiger partial charge in [0.2, 0.25) is 5.79 Å². The van der Waals surface area contributed by atoms with Gasteiger partial charge in [0.25, 0.3) is 0 Å². The fourth-order valence-corrected chi connectivity index (χ4v) is 3.71. The Balaban J connectivity index is 1.74. The van der Waals surface area contributed by atoms with E-state index < -0.39 is 29.7 Å². The Morgan fingerprint density at radius 1 is 1.00 bits per heavy atom. The molecular weight excluding hydrogens is 272 g/mol. The van der Waals surface area contributed by atoms with Crippen LogP contribution >= 0.6 is 0 Å². The molecule has 0 aromatic heterocycles. The zero-order chi connectivity index (χ0) is 15.5. The summed E-state index contributed by atoms with van der Waals surface area (Å²) in [6.45, 7) is 2.19. The van der Waals surface area contributed by atoms with Crippen LogP contribution in [0.15, 0.2) is 0 Å². The van der Waals surface area contributed by atoms with Crippen LogP contribution in [-0.2, 0) is 4.74 Å². The molecule has 0 amide bonds. The average molecular weight is 302 g/mol. The first-order valence-electron chi connectivity index (χ1n) is 8.44. The highest BCUT2D eigenvalue weighted by molar-refractivity contribution is 5.15. The van der Waals surface area contributed by atoms with Gasteiger partial charge in [0.05, 0.1) is 12.2 Å². The fourth-order valence-electron chi connectivity index (χ4n) is 3.71. The van der Waals surface area contributed by atoms with E-state index in [1.54, 1.807) is 0 Å². The first-order chi connectivity index (χ1) is 9.95. The predicted octanol–water partition coefficient (Wildman–Crippen LogP) is 1.46. The Morgan fingerprint density at radius 2 is 1.62 bits per heavy atom. The molecule has 0 radical (unpaired) electrons. The molecule has 0 bridgehead atoms. The van der Waals surface area contributed by atoms with Crippen LogP contribution in [0.5, 0.6) is 0 Å². The van der Waals surface area contributed by atoms with Crippen molar-refractivity contribution < 1.29 is 25.2 Å². The number of ether oxygens (including phenoxy) is 1. The lowest BCUT2D eigenvalue weighted by Crippen LogP contribution is -2.58. The smallest absolute Gasteiger partial charge is 0.200 e. The monoisotopic (exact) mass is 302 g/mol. The molecule has 5 nitrogen and oxygen atoms in total. The van der Waals surface area contributed by atoms with Crippen LogP contribution in [0.2, 0.25) is 0 Å². The first-order valence-corrected chi connectivity index (χ1v) is 8.44. The summed E-state index contributed by atoms with van der Waals surface area (Å²) in [7, 11) is 0. The molecule has 2 rings (SSSR count). The van der Waals surface area contributed by atoms with Crippen molar-refractivity contribution in [1.82, 2.24) is 0 Å². The molecule has 2 fully saturated rings. The van der Waals surface area contributed by atoms with Gasteiger partial charge in [0, 0.05) is 6.42 Å². The molecule has 0 spiro atoms. The van der Waals surface area contributed by atoms with E-state index in [2.05, 4.69) is 6.92 Å². The van der Waals surface area contributed by atoms with E-state index in [9.17, 15) is 20.4 Å². The number of fused-ring (bicyclic) bond motifs is 1. The van der Waals surface area contributed by atoms with Crippen molar-refractivity contribution >= 4 is 0 Å².